The zero-order valence-electron chi connectivity index (χ0n) is 12.8. The van der Waals surface area contributed by atoms with Crippen molar-refractivity contribution in [3.05, 3.63) is 17.7 Å². The highest BCUT2D eigenvalue weighted by molar-refractivity contribution is 5.89. The summed E-state index contributed by atoms with van der Waals surface area (Å²) in [5, 5.41) is 3.64. The molecule has 0 aromatic carbocycles. The first-order chi connectivity index (χ1) is 9.63. The van der Waals surface area contributed by atoms with Crippen molar-refractivity contribution in [1.29, 1.82) is 0 Å². The molecular formula is C14H24Cl3N5O. The number of nitrogens with one attached hydrogen (secondary N) is 2. The minimum absolute atomic E-state index is 0. The fraction of sp³-hybridized carbons (Fsp3) is 0.714. The molecule has 3 heterocycles. The first kappa shape index (κ1) is 20.5. The Kier molecular flexibility index (Phi) is 6.38. The number of imidazole rings is 1. The van der Waals surface area contributed by atoms with E-state index >= 15 is 0 Å². The molecule has 1 aromatic rings. The molecule has 0 atom stereocenters. The summed E-state index contributed by atoms with van der Waals surface area (Å²) in [6.07, 6.45) is 6.32. The molecule has 4 rings (SSSR count). The summed E-state index contributed by atoms with van der Waals surface area (Å²) in [6.45, 7) is 2.53. The van der Waals surface area contributed by atoms with Gasteiger partial charge in [0, 0.05) is 31.7 Å². The second-order valence-corrected chi connectivity index (χ2v) is 6.44. The number of likely N-dealkylation sites (tertiary alicyclic amines) is 1. The molecule has 4 N–H and O–H groups in total. The molecule has 0 bridgehead atoms. The molecule has 1 saturated carbocycles. The van der Waals surface area contributed by atoms with Gasteiger partial charge in [-0.1, -0.05) is 0 Å². The average molecular weight is 385 g/mol. The van der Waals surface area contributed by atoms with Crippen molar-refractivity contribution in [2.75, 3.05) is 19.6 Å². The van der Waals surface area contributed by atoms with Gasteiger partial charge in [0.2, 0.25) is 5.91 Å². The van der Waals surface area contributed by atoms with E-state index in [1.165, 1.54) is 5.69 Å². The van der Waals surface area contributed by atoms with Crippen LogP contribution >= 0.6 is 37.2 Å². The van der Waals surface area contributed by atoms with Gasteiger partial charge in [0.15, 0.2) is 0 Å². The smallest absolute Gasteiger partial charge is 0.242 e. The lowest BCUT2D eigenvalue weighted by Crippen LogP contribution is -2.57. The zero-order chi connectivity index (χ0) is 13.8. The van der Waals surface area contributed by atoms with Crippen molar-refractivity contribution < 1.29 is 4.79 Å². The molecule has 1 aliphatic carbocycles. The summed E-state index contributed by atoms with van der Waals surface area (Å²) < 4.78 is 0. The molecule has 3 aliphatic rings. The summed E-state index contributed by atoms with van der Waals surface area (Å²) in [6, 6.07) is 0. The van der Waals surface area contributed by atoms with Crippen LogP contribution < -0.4 is 11.1 Å². The van der Waals surface area contributed by atoms with Gasteiger partial charge in [-0.15, -0.1) is 37.2 Å². The number of halogens is 3. The monoisotopic (exact) mass is 383 g/mol. The van der Waals surface area contributed by atoms with E-state index in [2.05, 4.69) is 15.3 Å². The predicted octanol–water partition coefficient (Wildman–Crippen LogP) is 1.13. The molecule has 1 spiro atoms. The van der Waals surface area contributed by atoms with E-state index < -0.39 is 5.54 Å². The Morgan fingerprint density at radius 3 is 2.43 bits per heavy atom. The first-order valence-corrected chi connectivity index (χ1v) is 7.49. The molecule has 23 heavy (non-hydrogen) atoms. The maximum atomic E-state index is 12.3. The number of aromatic nitrogens is 2. The van der Waals surface area contributed by atoms with Gasteiger partial charge in [-0.2, -0.15) is 0 Å². The molecular weight excluding hydrogens is 361 g/mol. The van der Waals surface area contributed by atoms with Crippen LogP contribution in [-0.2, 0) is 16.8 Å². The van der Waals surface area contributed by atoms with Crippen molar-refractivity contribution in [3.8, 4) is 0 Å². The van der Waals surface area contributed by atoms with E-state index in [1.807, 2.05) is 4.90 Å². The van der Waals surface area contributed by atoms with Gasteiger partial charge in [-0.3, -0.25) is 4.79 Å². The quantitative estimate of drug-likeness (QED) is 0.677. The number of hydrogen-bond acceptors (Lipinski definition) is 4. The SMILES string of the molecule is Cl.Cl.Cl.NC1(C(=O)N2CCC3(CC2)NCCc2[nH]cnc23)CC1. The number of rotatable bonds is 1. The molecule has 6 nitrogen and oxygen atoms in total. The van der Waals surface area contributed by atoms with Gasteiger partial charge in [-0.25, -0.2) is 4.98 Å². The van der Waals surface area contributed by atoms with Crippen LogP contribution in [0.3, 0.4) is 0 Å². The second kappa shape index (κ2) is 7.15. The number of carbonyl (C=O) groups is 1. The van der Waals surface area contributed by atoms with Crippen LogP contribution in [-0.4, -0.2) is 45.9 Å². The van der Waals surface area contributed by atoms with Crippen LogP contribution in [0.1, 0.15) is 37.1 Å². The lowest BCUT2D eigenvalue weighted by atomic mass is 9.80. The Balaban J connectivity index is 0.000000882. The molecule has 132 valence electrons. The Bertz CT molecular complexity index is 552. The van der Waals surface area contributed by atoms with Gasteiger partial charge in [0.25, 0.3) is 0 Å². The topological polar surface area (TPSA) is 87.0 Å². The normalized spacial score (nSPS) is 22.9. The largest absolute Gasteiger partial charge is 0.348 e. The maximum absolute atomic E-state index is 12.3. The predicted molar refractivity (Wildman–Crippen MR) is 95.7 cm³/mol. The minimum atomic E-state index is -0.540. The Morgan fingerprint density at radius 1 is 1.17 bits per heavy atom. The van der Waals surface area contributed by atoms with Crippen LogP contribution in [0, 0.1) is 0 Å². The number of H-pyrrole nitrogens is 1. The van der Waals surface area contributed by atoms with Crippen LogP contribution in [0.2, 0.25) is 0 Å². The van der Waals surface area contributed by atoms with Crippen molar-refractivity contribution >= 4 is 43.1 Å². The Labute approximate surface area is 154 Å². The van der Waals surface area contributed by atoms with Crippen LogP contribution in [0.25, 0.3) is 0 Å². The van der Waals surface area contributed by atoms with Gasteiger partial charge >= 0.3 is 0 Å². The zero-order valence-corrected chi connectivity index (χ0v) is 15.3. The molecule has 0 unspecified atom stereocenters. The number of nitrogens with zero attached hydrogens (tertiary/aromatic N) is 2. The third kappa shape index (κ3) is 3.33. The molecule has 0 radical (unpaired) electrons. The molecule has 1 aromatic heterocycles. The third-order valence-corrected chi connectivity index (χ3v) is 5.13. The first-order valence-electron chi connectivity index (χ1n) is 7.49. The Hall–Kier alpha value is -0.530. The van der Waals surface area contributed by atoms with Gasteiger partial charge in [0.05, 0.1) is 23.1 Å². The lowest BCUT2D eigenvalue weighted by molar-refractivity contribution is -0.135. The van der Waals surface area contributed by atoms with E-state index in [0.717, 1.165) is 57.4 Å². The van der Waals surface area contributed by atoms with Crippen molar-refractivity contribution in [1.82, 2.24) is 20.2 Å². The van der Waals surface area contributed by atoms with Crippen molar-refractivity contribution in [2.24, 2.45) is 5.73 Å². The van der Waals surface area contributed by atoms with E-state index in [9.17, 15) is 4.79 Å². The number of fused-ring (bicyclic) bond motifs is 2. The van der Waals surface area contributed by atoms with Crippen molar-refractivity contribution in [2.45, 2.75) is 43.2 Å². The molecule has 9 heteroatoms. The second-order valence-electron chi connectivity index (χ2n) is 6.44. The minimum Gasteiger partial charge on any atom is -0.348 e. The molecule has 2 fully saturated rings. The fourth-order valence-electron chi connectivity index (χ4n) is 3.60. The van der Waals surface area contributed by atoms with Gasteiger partial charge in [0.1, 0.15) is 0 Å². The Morgan fingerprint density at radius 2 is 1.83 bits per heavy atom. The van der Waals surface area contributed by atoms with Gasteiger partial charge in [-0.05, 0) is 25.7 Å². The fourth-order valence-corrected chi connectivity index (χ4v) is 3.60. The van der Waals surface area contributed by atoms with Crippen LogP contribution in [0.15, 0.2) is 6.33 Å². The highest BCUT2D eigenvalue weighted by Crippen LogP contribution is 2.39. The summed E-state index contributed by atoms with van der Waals surface area (Å²) in [5.41, 5.74) is 7.85. The summed E-state index contributed by atoms with van der Waals surface area (Å²) in [7, 11) is 0. The highest BCUT2D eigenvalue weighted by Gasteiger charge is 2.50. The lowest BCUT2D eigenvalue weighted by Gasteiger charge is -2.44. The number of nitrogens with two attached hydrogens (primary N) is 1. The molecule has 1 amide bonds. The van der Waals surface area contributed by atoms with E-state index in [1.54, 1.807) is 6.33 Å². The molecule has 2 aliphatic heterocycles. The van der Waals surface area contributed by atoms with Crippen molar-refractivity contribution in [3.63, 3.8) is 0 Å². The number of amides is 1. The standard InChI is InChI=1S/C14H21N5O.3ClH/c15-13(2-3-13)12(20)19-7-4-14(5-8-19)11-10(1-6-18-14)16-9-17-11;;;/h9,18H,1-8,15H2,(H,16,17);3*1H. The molecule has 1 saturated heterocycles. The number of aromatic amines is 1. The highest BCUT2D eigenvalue weighted by atomic mass is 35.5. The van der Waals surface area contributed by atoms with Crippen LogP contribution in [0.4, 0.5) is 0 Å². The number of hydrogen-bond donors (Lipinski definition) is 3. The summed E-state index contributed by atoms with van der Waals surface area (Å²) >= 11 is 0. The third-order valence-electron chi connectivity index (χ3n) is 5.13. The number of carbonyl (C=O) groups excluding carboxylic acids is 1. The maximum Gasteiger partial charge on any atom is 0.242 e. The van der Waals surface area contributed by atoms with E-state index in [-0.39, 0.29) is 48.7 Å². The van der Waals surface area contributed by atoms with Crippen LogP contribution in [0.5, 0.6) is 0 Å². The summed E-state index contributed by atoms with van der Waals surface area (Å²) in [4.78, 5) is 22.0. The van der Waals surface area contributed by atoms with E-state index in [4.69, 9.17) is 5.73 Å². The summed E-state index contributed by atoms with van der Waals surface area (Å²) in [5.74, 6) is 0.144. The average Bonchev–Trinajstić information content (AvgIpc) is 3.02. The van der Waals surface area contributed by atoms with Gasteiger partial charge < -0.3 is 20.9 Å². The van der Waals surface area contributed by atoms with E-state index in [0.29, 0.717) is 0 Å². The number of piperidine rings is 1.